The molecule has 0 aliphatic rings. The standard InChI is InChI=1S/C16H16N4O.2CH4O3S/c17-15(18)12-5-2-10(3-6-12)1-4-11-7-8-13(16(19)20)9-14(11)21;2*1-5(2,3)4/h1-9,21H,(H3,17,18)(H3,19,20);2*1H3,(H,2,3,4)/b4-1+;;. The van der Waals surface area contributed by atoms with Crippen molar-refractivity contribution in [1.29, 1.82) is 0 Å². The molecule has 13 heteroatoms. The molecule has 9 N–H and O–H groups in total. The van der Waals surface area contributed by atoms with Gasteiger partial charge < -0.3 is 14.2 Å². The Morgan fingerprint density at radius 1 is 0.839 bits per heavy atom. The first-order valence-corrected chi connectivity index (χ1v) is 11.8. The largest absolute Gasteiger partial charge is 0.748 e. The van der Waals surface area contributed by atoms with Crippen LogP contribution in [0.4, 0.5) is 0 Å². The van der Waals surface area contributed by atoms with Gasteiger partial charge in [-0.15, -0.1) is 0 Å². The monoisotopic (exact) mass is 472 g/mol. The average Bonchev–Trinajstić information content (AvgIpc) is 2.58. The van der Waals surface area contributed by atoms with Crippen molar-refractivity contribution in [1.82, 2.24) is 0 Å². The second-order valence-electron chi connectivity index (χ2n) is 6.05. The molecule has 0 radical (unpaired) electrons. The third-order valence-corrected chi connectivity index (χ3v) is 3.06. The summed E-state index contributed by atoms with van der Waals surface area (Å²) in [5.74, 6) is 0.578. The molecule has 0 heterocycles. The summed E-state index contributed by atoms with van der Waals surface area (Å²) < 4.78 is 54.5. The van der Waals surface area contributed by atoms with Crippen molar-refractivity contribution in [3.63, 3.8) is 0 Å². The predicted molar refractivity (Wildman–Crippen MR) is 115 cm³/mol. The third kappa shape index (κ3) is 15.3. The van der Waals surface area contributed by atoms with Crippen molar-refractivity contribution >= 4 is 44.1 Å². The summed E-state index contributed by atoms with van der Waals surface area (Å²) in [6.45, 7) is 0. The van der Waals surface area contributed by atoms with Crippen LogP contribution in [0.25, 0.3) is 12.2 Å². The van der Waals surface area contributed by atoms with Crippen LogP contribution in [0.1, 0.15) is 22.3 Å². The van der Waals surface area contributed by atoms with Gasteiger partial charge in [0.15, 0.2) is 0 Å². The molecule has 0 atom stereocenters. The molecule has 31 heavy (non-hydrogen) atoms. The molecule has 2 rings (SSSR count). The lowest BCUT2D eigenvalue weighted by molar-refractivity contribution is -0.115. The summed E-state index contributed by atoms with van der Waals surface area (Å²) in [5.41, 5.74) is 14.0. The van der Waals surface area contributed by atoms with Gasteiger partial charge in [-0.2, -0.15) is 0 Å². The van der Waals surface area contributed by atoms with Gasteiger partial charge in [0.05, 0.1) is 31.4 Å². The number of rotatable bonds is 4. The number of hydrogen-bond acceptors (Lipinski definition) is 7. The molecule has 0 aliphatic heterocycles. The van der Waals surface area contributed by atoms with Crippen molar-refractivity contribution in [2.24, 2.45) is 11.5 Å². The summed E-state index contributed by atoms with van der Waals surface area (Å²) in [4.78, 5) is 0. The van der Waals surface area contributed by atoms with Crippen LogP contribution in [0.15, 0.2) is 42.5 Å². The van der Waals surface area contributed by atoms with Crippen LogP contribution in [-0.4, -0.2) is 55.2 Å². The highest BCUT2D eigenvalue weighted by Crippen LogP contribution is 2.21. The molecule has 0 saturated carbocycles. The van der Waals surface area contributed by atoms with Crippen LogP contribution in [-0.2, 0) is 20.2 Å². The molecule has 170 valence electrons. The summed E-state index contributed by atoms with van der Waals surface area (Å²) >= 11 is 0. The zero-order valence-corrected chi connectivity index (χ0v) is 18.4. The molecule has 0 spiro atoms. The van der Waals surface area contributed by atoms with E-state index in [0.29, 0.717) is 23.6 Å². The highest BCUT2D eigenvalue weighted by molar-refractivity contribution is 7.85. The smallest absolute Gasteiger partial charge is 0.270 e. The zero-order valence-electron chi connectivity index (χ0n) is 16.7. The van der Waals surface area contributed by atoms with E-state index in [9.17, 15) is 5.11 Å². The van der Waals surface area contributed by atoms with Crippen LogP contribution in [0.5, 0.6) is 5.75 Å². The van der Waals surface area contributed by atoms with Crippen LogP contribution >= 0.6 is 0 Å². The van der Waals surface area contributed by atoms with E-state index in [2.05, 4.69) is 0 Å². The van der Waals surface area contributed by atoms with Gasteiger partial charge >= 0.3 is 0 Å². The lowest BCUT2D eigenvalue weighted by Crippen LogP contribution is -2.46. The summed E-state index contributed by atoms with van der Waals surface area (Å²) in [5, 5.41) is 20.9. The number of benzene rings is 2. The third-order valence-electron chi connectivity index (χ3n) is 3.06. The number of phenols is 1. The second kappa shape index (κ2) is 11.8. The van der Waals surface area contributed by atoms with E-state index in [0.717, 1.165) is 11.1 Å². The second-order valence-corrected chi connectivity index (χ2v) is 8.86. The Balaban J connectivity index is 0.000000752. The zero-order chi connectivity index (χ0) is 24.4. The van der Waals surface area contributed by atoms with Crippen molar-refractivity contribution in [2.75, 3.05) is 12.5 Å². The Morgan fingerprint density at radius 2 is 1.23 bits per heavy atom. The van der Waals surface area contributed by atoms with Crippen molar-refractivity contribution < 1.29 is 41.9 Å². The van der Waals surface area contributed by atoms with E-state index in [4.69, 9.17) is 48.2 Å². The molecule has 0 amide bonds. The molecule has 0 bridgehead atoms. The molecule has 0 aromatic heterocycles. The average molecular weight is 473 g/mol. The van der Waals surface area contributed by atoms with Gasteiger partial charge in [0.1, 0.15) is 5.75 Å². The molecule has 11 nitrogen and oxygen atoms in total. The molecule has 0 fully saturated rings. The number of nitrogens with two attached hydrogens (primary N) is 4. The van der Waals surface area contributed by atoms with Gasteiger partial charge in [-0.1, -0.05) is 30.4 Å². The number of phenolic OH excluding ortho intramolecular Hbond substituents is 1. The highest BCUT2D eigenvalue weighted by atomic mass is 32.2. The maximum Gasteiger partial charge on any atom is 0.270 e. The molecule has 2 aromatic carbocycles. The quantitative estimate of drug-likeness (QED) is 0.130. The van der Waals surface area contributed by atoms with Crippen LogP contribution in [0.2, 0.25) is 0 Å². The molecular formula is C18H24N4O7S2. The molecule has 0 unspecified atom stereocenters. The van der Waals surface area contributed by atoms with Crippen molar-refractivity contribution in [2.45, 2.75) is 0 Å². The molecule has 2 aromatic rings. The van der Waals surface area contributed by atoms with Gasteiger partial charge in [0.2, 0.25) is 0 Å². The fourth-order valence-electron chi connectivity index (χ4n) is 1.84. The maximum absolute atomic E-state index is 9.92. The van der Waals surface area contributed by atoms with E-state index >= 15 is 0 Å². The number of aromatic hydroxyl groups is 1. The van der Waals surface area contributed by atoms with Crippen molar-refractivity contribution in [3.8, 4) is 5.75 Å². The van der Waals surface area contributed by atoms with E-state index in [1.165, 1.54) is 6.07 Å². The Kier molecular flexibility index (Phi) is 10.6. The number of amidine groups is 2. The van der Waals surface area contributed by atoms with Gasteiger partial charge in [-0.3, -0.25) is 22.3 Å². The Labute approximate surface area is 180 Å². The Hall–Kier alpha value is -3.26. The topological polar surface area (TPSA) is 238 Å². The summed E-state index contributed by atoms with van der Waals surface area (Å²) in [7, 11) is -7.83. The van der Waals surface area contributed by atoms with Crippen LogP contribution in [0, 0.1) is 0 Å². The van der Waals surface area contributed by atoms with E-state index in [1.807, 2.05) is 30.3 Å². The van der Waals surface area contributed by atoms with Gasteiger partial charge in [-0.05, 0) is 29.8 Å². The van der Waals surface area contributed by atoms with Gasteiger partial charge in [-0.25, -0.2) is 16.8 Å². The van der Waals surface area contributed by atoms with Gasteiger partial charge in [0, 0.05) is 18.1 Å². The van der Waals surface area contributed by atoms with Gasteiger partial charge in [0.25, 0.3) is 11.7 Å². The van der Waals surface area contributed by atoms with Crippen molar-refractivity contribution in [3.05, 3.63) is 64.7 Å². The lowest BCUT2D eigenvalue weighted by Gasteiger charge is -2.01. The lowest BCUT2D eigenvalue weighted by atomic mass is 10.1. The molecular weight excluding hydrogens is 448 g/mol. The Bertz CT molecular complexity index is 1110. The predicted octanol–water partition coefficient (Wildman–Crippen LogP) is -3.19. The van der Waals surface area contributed by atoms with E-state index in [1.54, 1.807) is 18.2 Å². The SMILES string of the molecule is CS(=O)(=O)[O-].CS(=O)(=O)[O-].NC(=[NH2+])c1ccc(/C=C/c2ccc(C(N)=[NH2+])cc2O)cc1. The minimum absolute atomic E-state index is 0.119. The first kappa shape index (κ1) is 27.7. The minimum Gasteiger partial charge on any atom is -0.748 e. The first-order valence-electron chi connectivity index (χ1n) is 8.16. The normalized spacial score (nSPS) is 11.0. The first-order chi connectivity index (χ1) is 14.0. The van der Waals surface area contributed by atoms with Crippen LogP contribution < -0.4 is 22.3 Å². The summed E-state index contributed by atoms with van der Waals surface area (Å²) in [6.07, 6.45) is 4.89. The molecule has 0 saturated heterocycles. The number of hydrogen-bond donors (Lipinski definition) is 5. The Morgan fingerprint density at radius 3 is 1.58 bits per heavy atom. The molecule has 0 aliphatic carbocycles. The maximum atomic E-state index is 9.92. The fraction of sp³-hybridized carbons (Fsp3) is 0.111. The summed E-state index contributed by atoms with van der Waals surface area (Å²) in [6, 6.07) is 12.5. The van der Waals surface area contributed by atoms with Crippen LogP contribution in [0.3, 0.4) is 0 Å². The highest BCUT2D eigenvalue weighted by Gasteiger charge is 2.05. The minimum atomic E-state index is -3.92. The van der Waals surface area contributed by atoms with E-state index < -0.39 is 20.2 Å². The fourth-order valence-corrected chi connectivity index (χ4v) is 1.84. The van der Waals surface area contributed by atoms with E-state index in [-0.39, 0.29) is 17.4 Å².